The molecule has 9 heteroatoms. The Kier molecular flexibility index (Phi) is 7.23. The molecule has 2 N–H and O–H groups in total. The number of nitrogens with zero attached hydrogens (tertiary/aromatic N) is 1. The Labute approximate surface area is 177 Å². The van der Waals surface area contributed by atoms with Crippen molar-refractivity contribution in [2.75, 3.05) is 25.0 Å². The van der Waals surface area contributed by atoms with Crippen LogP contribution in [0.1, 0.15) is 24.0 Å². The van der Waals surface area contributed by atoms with Gasteiger partial charge in [0.1, 0.15) is 5.75 Å². The summed E-state index contributed by atoms with van der Waals surface area (Å²) in [6.45, 7) is 1.30. The molecule has 5 nitrogen and oxygen atoms in total. The van der Waals surface area contributed by atoms with Gasteiger partial charge in [-0.05, 0) is 37.1 Å². The van der Waals surface area contributed by atoms with E-state index in [-0.39, 0.29) is 35.7 Å². The van der Waals surface area contributed by atoms with Crippen molar-refractivity contribution >= 4 is 23.2 Å². The molecule has 1 fully saturated rings. The van der Waals surface area contributed by atoms with E-state index >= 15 is 0 Å². The number of halogens is 4. The van der Waals surface area contributed by atoms with Crippen LogP contribution in [0.25, 0.3) is 0 Å². The molecular weight excluding hydrogens is 421 g/mol. The summed E-state index contributed by atoms with van der Waals surface area (Å²) in [5, 5.41) is 12.5. The van der Waals surface area contributed by atoms with Crippen molar-refractivity contribution in [3.05, 3.63) is 58.6 Å². The Hall–Kier alpha value is -2.29. The molecule has 3 rings (SSSR count). The molecule has 1 amide bonds. The highest BCUT2D eigenvalue weighted by atomic mass is 35.5. The first-order chi connectivity index (χ1) is 14.2. The molecule has 0 spiro atoms. The van der Waals surface area contributed by atoms with E-state index in [0.29, 0.717) is 18.7 Å². The Morgan fingerprint density at radius 1 is 1.27 bits per heavy atom. The van der Waals surface area contributed by atoms with Crippen LogP contribution in [-0.4, -0.2) is 41.7 Å². The summed E-state index contributed by atoms with van der Waals surface area (Å²) in [4.78, 5) is 14.4. The SMILES string of the molecule is O=C(CN(Cc1ccccc1O)CC1CCCO1)Nc1cc(C(F)(F)F)ccc1Cl. The van der Waals surface area contributed by atoms with Gasteiger partial charge in [0.25, 0.3) is 0 Å². The molecule has 0 saturated carbocycles. The number of hydrogen-bond donors (Lipinski definition) is 2. The topological polar surface area (TPSA) is 61.8 Å². The molecule has 0 aromatic heterocycles. The minimum atomic E-state index is -4.54. The molecule has 1 heterocycles. The molecule has 2 aromatic rings. The number of hydrogen-bond acceptors (Lipinski definition) is 4. The van der Waals surface area contributed by atoms with Crippen LogP contribution in [0.2, 0.25) is 5.02 Å². The van der Waals surface area contributed by atoms with Gasteiger partial charge >= 0.3 is 6.18 Å². The number of phenolic OH excluding ortho intramolecular Hbond substituents is 1. The minimum Gasteiger partial charge on any atom is -0.508 e. The Morgan fingerprint density at radius 2 is 2.03 bits per heavy atom. The second-order valence-electron chi connectivity index (χ2n) is 7.17. The summed E-state index contributed by atoms with van der Waals surface area (Å²) >= 11 is 5.97. The first-order valence-electron chi connectivity index (χ1n) is 9.50. The monoisotopic (exact) mass is 442 g/mol. The fourth-order valence-corrected chi connectivity index (χ4v) is 3.50. The Bertz CT molecular complexity index is 886. The van der Waals surface area contributed by atoms with E-state index in [0.717, 1.165) is 31.0 Å². The molecule has 0 aliphatic carbocycles. The van der Waals surface area contributed by atoms with E-state index in [1.54, 1.807) is 29.2 Å². The number of carbonyl (C=O) groups excluding carboxylic acids is 1. The number of benzene rings is 2. The lowest BCUT2D eigenvalue weighted by Gasteiger charge is -2.25. The fraction of sp³-hybridized carbons (Fsp3) is 0.381. The lowest BCUT2D eigenvalue weighted by molar-refractivity contribution is -0.137. The molecule has 30 heavy (non-hydrogen) atoms. The average molecular weight is 443 g/mol. The molecule has 1 atom stereocenters. The van der Waals surface area contributed by atoms with Crippen LogP contribution in [-0.2, 0) is 22.3 Å². The number of aromatic hydroxyl groups is 1. The fourth-order valence-electron chi connectivity index (χ4n) is 3.34. The number of anilines is 1. The Balaban J connectivity index is 1.72. The van der Waals surface area contributed by atoms with Crippen LogP contribution in [0.4, 0.5) is 18.9 Å². The molecular formula is C21H22ClF3N2O3. The third-order valence-corrected chi connectivity index (χ3v) is 5.14. The molecule has 2 aromatic carbocycles. The van der Waals surface area contributed by atoms with Crippen molar-refractivity contribution in [3.8, 4) is 5.75 Å². The van der Waals surface area contributed by atoms with E-state index in [9.17, 15) is 23.1 Å². The van der Waals surface area contributed by atoms with Crippen molar-refractivity contribution in [2.45, 2.75) is 31.7 Å². The van der Waals surface area contributed by atoms with E-state index < -0.39 is 17.6 Å². The van der Waals surface area contributed by atoms with Gasteiger partial charge in [0.05, 0.1) is 28.9 Å². The Morgan fingerprint density at radius 3 is 2.70 bits per heavy atom. The summed E-state index contributed by atoms with van der Waals surface area (Å²) in [5.41, 5.74) is -0.357. The number of rotatable bonds is 7. The quantitative estimate of drug-likeness (QED) is 0.653. The molecule has 162 valence electrons. The van der Waals surface area contributed by atoms with Gasteiger partial charge in [-0.1, -0.05) is 29.8 Å². The number of ether oxygens (including phenoxy) is 1. The number of nitrogens with one attached hydrogen (secondary N) is 1. The first kappa shape index (κ1) is 22.4. The van der Waals surface area contributed by atoms with Crippen LogP contribution in [0.5, 0.6) is 5.75 Å². The normalized spacial score (nSPS) is 16.8. The maximum absolute atomic E-state index is 13.0. The second-order valence-corrected chi connectivity index (χ2v) is 7.58. The lowest BCUT2D eigenvalue weighted by Crippen LogP contribution is -2.38. The van der Waals surface area contributed by atoms with Crippen molar-refractivity contribution < 1.29 is 27.8 Å². The highest BCUT2D eigenvalue weighted by Crippen LogP contribution is 2.33. The number of amides is 1. The summed E-state index contributed by atoms with van der Waals surface area (Å²) in [5.74, 6) is -0.402. The van der Waals surface area contributed by atoms with Gasteiger partial charge in [0, 0.05) is 25.3 Å². The van der Waals surface area contributed by atoms with E-state index in [4.69, 9.17) is 16.3 Å². The van der Waals surface area contributed by atoms with Gasteiger partial charge in [-0.25, -0.2) is 0 Å². The van der Waals surface area contributed by atoms with Gasteiger partial charge in [-0.2, -0.15) is 13.2 Å². The van der Waals surface area contributed by atoms with Crippen LogP contribution in [0.15, 0.2) is 42.5 Å². The minimum absolute atomic E-state index is 0.0164. The highest BCUT2D eigenvalue weighted by molar-refractivity contribution is 6.33. The molecule has 0 radical (unpaired) electrons. The van der Waals surface area contributed by atoms with E-state index in [1.807, 2.05) is 0 Å². The van der Waals surface area contributed by atoms with Gasteiger partial charge in [0.15, 0.2) is 0 Å². The molecule has 1 aliphatic rings. The van der Waals surface area contributed by atoms with Crippen molar-refractivity contribution in [3.63, 3.8) is 0 Å². The van der Waals surface area contributed by atoms with E-state index in [1.165, 1.54) is 0 Å². The van der Waals surface area contributed by atoms with Gasteiger partial charge < -0.3 is 15.2 Å². The summed E-state index contributed by atoms with van der Waals surface area (Å²) in [6.07, 6.45) is -2.79. The summed E-state index contributed by atoms with van der Waals surface area (Å²) < 4.78 is 44.5. The third-order valence-electron chi connectivity index (χ3n) is 4.81. The van der Waals surface area contributed by atoms with Gasteiger partial charge in [-0.15, -0.1) is 0 Å². The number of carbonyl (C=O) groups is 1. The van der Waals surface area contributed by atoms with Crippen LogP contribution in [0, 0.1) is 0 Å². The third kappa shape index (κ3) is 6.10. The summed E-state index contributed by atoms with van der Waals surface area (Å²) in [6, 6.07) is 9.56. The van der Waals surface area contributed by atoms with Crippen molar-refractivity contribution in [1.29, 1.82) is 0 Å². The number of phenols is 1. The zero-order chi connectivity index (χ0) is 21.7. The van der Waals surface area contributed by atoms with Crippen LogP contribution < -0.4 is 5.32 Å². The van der Waals surface area contributed by atoms with Crippen LogP contribution >= 0.6 is 11.6 Å². The van der Waals surface area contributed by atoms with E-state index in [2.05, 4.69) is 5.32 Å². The van der Waals surface area contributed by atoms with Crippen molar-refractivity contribution in [1.82, 2.24) is 4.90 Å². The number of alkyl halides is 3. The van der Waals surface area contributed by atoms with Crippen molar-refractivity contribution in [2.24, 2.45) is 0 Å². The lowest BCUT2D eigenvalue weighted by atomic mass is 10.1. The number of para-hydroxylation sites is 1. The standard InChI is InChI=1S/C21H22ClF3N2O3/c22-17-8-7-15(21(23,24)25)10-18(17)26-20(29)13-27(12-16-5-3-9-30-16)11-14-4-1-2-6-19(14)28/h1-2,4,6-8,10,16,28H,3,5,9,11-13H2,(H,26,29). The maximum atomic E-state index is 13.0. The van der Waals surface area contributed by atoms with Crippen LogP contribution in [0.3, 0.4) is 0 Å². The molecule has 1 saturated heterocycles. The predicted octanol–water partition coefficient (Wildman–Crippen LogP) is 4.68. The van der Waals surface area contributed by atoms with Gasteiger partial charge in [0.2, 0.25) is 5.91 Å². The maximum Gasteiger partial charge on any atom is 0.416 e. The zero-order valence-corrected chi connectivity index (χ0v) is 16.8. The predicted molar refractivity (Wildman–Crippen MR) is 107 cm³/mol. The first-order valence-corrected chi connectivity index (χ1v) is 9.87. The largest absolute Gasteiger partial charge is 0.508 e. The molecule has 1 aliphatic heterocycles. The highest BCUT2D eigenvalue weighted by Gasteiger charge is 2.31. The zero-order valence-electron chi connectivity index (χ0n) is 16.1. The second kappa shape index (κ2) is 9.68. The summed E-state index contributed by atoms with van der Waals surface area (Å²) in [7, 11) is 0. The molecule has 0 bridgehead atoms. The smallest absolute Gasteiger partial charge is 0.416 e. The van der Waals surface area contributed by atoms with Gasteiger partial charge in [-0.3, -0.25) is 9.69 Å². The average Bonchev–Trinajstić information content (AvgIpc) is 3.17. The molecule has 1 unspecified atom stereocenters.